The number of nitrogens with zero attached hydrogens (tertiary/aromatic N) is 3. The molecule has 0 atom stereocenters. The summed E-state index contributed by atoms with van der Waals surface area (Å²) < 4.78 is 2.13. The highest BCUT2D eigenvalue weighted by Gasteiger charge is 2.11. The lowest BCUT2D eigenvalue weighted by Gasteiger charge is -2.09. The summed E-state index contributed by atoms with van der Waals surface area (Å²) in [7, 11) is 0. The van der Waals surface area contributed by atoms with Crippen LogP contribution in [0, 0.1) is 6.92 Å². The number of thioether (sulfide) groups is 1. The molecule has 0 radical (unpaired) electrons. The summed E-state index contributed by atoms with van der Waals surface area (Å²) in [5, 5.41) is 12.4. The van der Waals surface area contributed by atoms with Gasteiger partial charge in [0.25, 0.3) is 5.91 Å². The minimum atomic E-state index is -0.112. The summed E-state index contributed by atoms with van der Waals surface area (Å²) in [4.78, 5) is 12.4. The smallest absolute Gasteiger partial charge is 0.255 e. The first-order chi connectivity index (χ1) is 14.7. The lowest BCUT2D eigenvalue weighted by molar-refractivity contribution is 0.102. The van der Waals surface area contributed by atoms with Crippen molar-refractivity contribution in [3.8, 4) is 0 Å². The Balaban J connectivity index is 1.38. The number of aromatic nitrogens is 3. The first-order valence-electron chi connectivity index (χ1n) is 9.71. The number of hydrogen-bond donors (Lipinski definition) is 1. The minimum absolute atomic E-state index is 0.112. The van der Waals surface area contributed by atoms with E-state index in [1.54, 1.807) is 11.8 Å². The number of amides is 1. The normalized spacial score (nSPS) is 10.7. The Kier molecular flexibility index (Phi) is 6.25. The van der Waals surface area contributed by atoms with Gasteiger partial charge in [0, 0.05) is 17.0 Å². The molecule has 3 aromatic carbocycles. The molecule has 4 rings (SSSR count). The van der Waals surface area contributed by atoms with Crippen LogP contribution in [0.25, 0.3) is 0 Å². The van der Waals surface area contributed by atoms with Crippen LogP contribution in [0.15, 0.2) is 90.1 Å². The van der Waals surface area contributed by atoms with Crippen LogP contribution in [-0.4, -0.2) is 20.7 Å². The molecule has 0 unspecified atom stereocenters. The van der Waals surface area contributed by atoms with Gasteiger partial charge in [-0.3, -0.25) is 4.79 Å². The summed E-state index contributed by atoms with van der Waals surface area (Å²) in [5.41, 5.74) is 3.77. The number of aryl methyl sites for hydroxylation is 1. The van der Waals surface area contributed by atoms with Crippen LogP contribution < -0.4 is 5.32 Å². The SMILES string of the molecule is Cc1nnc(SCc2ccc(C(=O)Nc3ccccc3)cc2)n1Cc1ccccc1. The van der Waals surface area contributed by atoms with Gasteiger partial charge >= 0.3 is 0 Å². The molecule has 1 N–H and O–H groups in total. The molecule has 1 heterocycles. The van der Waals surface area contributed by atoms with Gasteiger partial charge in [-0.1, -0.05) is 72.4 Å². The first-order valence-corrected chi connectivity index (χ1v) is 10.7. The predicted molar refractivity (Wildman–Crippen MR) is 121 cm³/mol. The van der Waals surface area contributed by atoms with Crippen LogP contribution in [0.4, 0.5) is 5.69 Å². The molecule has 30 heavy (non-hydrogen) atoms. The Morgan fingerprint density at radius 1 is 0.867 bits per heavy atom. The summed E-state index contributed by atoms with van der Waals surface area (Å²) in [6.07, 6.45) is 0. The zero-order valence-corrected chi connectivity index (χ0v) is 17.5. The maximum absolute atomic E-state index is 12.4. The van der Waals surface area contributed by atoms with Gasteiger partial charge in [0.05, 0.1) is 6.54 Å². The number of nitrogens with one attached hydrogen (secondary N) is 1. The second kappa shape index (κ2) is 9.41. The largest absolute Gasteiger partial charge is 0.322 e. The standard InChI is InChI=1S/C24H22N4OS/c1-18-26-27-24(28(18)16-19-8-4-2-5-9-19)30-17-20-12-14-21(15-13-20)23(29)25-22-10-6-3-7-11-22/h2-15H,16-17H2,1H3,(H,25,29). The van der Waals surface area contributed by atoms with Crippen LogP contribution in [0.2, 0.25) is 0 Å². The molecule has 0 saturated carbocycles. The van der Waals surface area contributed by atoms with Crippen LogP contribution >= 0.6 is 11.8 Å². The molecule has 6 heteroatoms. The van der Waals surface area contributed by atoms with E-state index in [1.807, 2.05) is 79.7 Å². The van der Waals surface area contributed by atoms with Crippen molar-refractivity contribution in [3.63, 3.8) is 0 Å². The Bertz CT molecular complexity index is 1110. The third-order valence-electron chi connectivity index (χ3n) is 4.70. The van der Waals surface area contributed by atoms with E-state index in [0.29, 0.717) is 5.56 Å². The molecule has 5 nitrogen and oxygen atoms in total. The molecule has 0 aliphatic carbocycles. The van der Waals surface area contributed by atoms with E-state index < -0.39 is 0 Å². The van der Waals surface area contributed by atoms with Crippen LogP contribution in [0.3, 0.4) is 0 Å². The van der Waals surface area contributed by atoms with Crippen LogP contribution in [-0.2, 0) is 12.3 Å². The van der Waals surface area contributed by atoms with Crippen molar-refractivity contribution in [2.24, 2.45) is 0 Å². The predicted octanol–water partition coefficient (Wildman–Crippen LogP) is 5.18. The molecular weight excluding hydrogens is 392 g/mol. The van der Waals surface area contributed by atoms with Crippen molar-refractivity contribution in [1.82, 2.24) is 14.8 Å². The van der Waals surface area contributed by atoms with Gasteiger partial charge in [-0.05, 0) is 42.3 Å². The number of hydrogen-bond acceptors (Lipinski definition) is 4. The van der Waals surface area contributed by atoms with Gasteiger partial charge in [-0.2, -0.15) is 0 Å². The van der Waals surface area contributed by atoms with E-state index in [9.17, 15) is 4.79 Å². The summed E-state index contributed by atoms with van der Waals surface area (Å²) in [6, 6.07) is 27.4. The Hall–Kier alpha value is -3.38. The molecule has 1 amide bonds. The number of para-hydroxylation sites is 1. The van der Waals surface area contributed by atoms with E-state index >= 15 is 0 Å². The molecule has 0 bridgehead atoms. The lowest BCUT2D eigenvalue weighted by Crippen LogP contribution is -2.11. The Morgan fingerprint density at radius 2 is 1.53 bits per heavy atom. The highest BCUT2D eigenvalue weighted by Crippen LogP contribution is 2.23. The molecule has 0 aliphatic rings. The number of rotatable bonds is 7. The van der Waals surface area contributed by atoms with E-state index in [2.05, 4.69) is 32.2 Å². The monoisotopic (exact) mass is 414 g/mol. The van der Waals surface area contributed by atoms with E-state index in [-0.39, 0.29) is 5.91 Å². The first kappa shape index (κ1) is 19.9. The fourth-order valence-corrected chi connectivity index (χ4v) is 3.98. The van der Waals surface area contributed by atoms with Crippen LogP contribution in [0.1, 0.15) is 27.3 Å². The fourth-order valence-electron chi connectivity index (χ4n) is 3.04. The van der Waals surface area contributed by atoms with Gasteiger partial charge < -0.3 is 9.88 Å². The topological polar surface area (TPSA) is 59.8 Å². The Labute approximate surface area is 180 Å². The second-order valence-electron chi connectivity index (χ2n) is 6.91. The van der Waals surface area contributed by atoms with Gasteiger partial charge in [0.15, 0.2) is 5.16 Å². The van der Waals surface area contributed by atoms with Crippen molar-refractivity contribution in [2.75, 3.05) is 5.32 Å². The van der Waals surface area contributed by atoms with Crippen molar-refractivity contribution in [3.05, 3.63) is 107 Å². The highest BCUT2D eigenvalue weighted by molar-refractivity contribution is 7.98. The Morgan fingerprint density at radius 3 is 2.23 bits per heavy atom. The number of carbonyl (C=O) groups excluding carboxylic acids is 1. The molecule has 4 aromatic rings. The molecule has 150 valence electrons. The third kappa shape index (κ3) is 4.96. The van der Waals surface area contributed by atoms with E-state index in [0.717, 1.165) is 34.5 Å². The molecule has 1 aromatic heterocycles. The van der Waals surface area contributed by atoms with Crippen molar-refractivity contribution < 1.29 is 4.79 Å². The lowest BCUT2D eigenvalue weighted by atomic mass is 10.1. The molecule has 0 aliphatic heterocycles. The summed E-state index contributed by atoms with van der Waals surface area (Å²) in [5.74, 6) is 1.54. The van der Waals surface area contributed by atoms with Crippen molar-refractivity contribution in [2.45, 2.75) is 24.4 Å². The molecule has 0 fully saturated rings. The number of benzene rings is 3. The quantitative estimate of drug-likeness (QED) is 0.423. The third-order valence-corrected chi connectivity index (χ3v) is 5.74. The number of carbonyl (C=O) groups is 1. The van der Waals surface area contributed by atoms with Gasteiger partial charge in [0.2, 0.25) is 0 Å². The maximum atomic E-state index is 12.4. The number of anilines is 1. The highest BCUT2D eigenvalue weighted by atomic mass is 32.2. The van der Waals surface area contributed by atoms with Gasteiger partial charge in [0.1, 0.15) is 5.82 Å². The van der Waals surface area contributed by atoms with E-state index in [4.69, 9.17) is 0 Å². The summed E-state index contributed by atoms with van der Waals surface area (Å²) in [6.45, 7) is 2.72. The average molecular weight is 415 g/mol. The van der Waals surface area contributed by atoms with Gasteiger partial charge in [-0.15, -0.1) is 10.2 Å². The van der Waals surface area contributed by atoms with Crippen molar-refractivity contribution in [1.29, 1.82) is 0 Å². The van der Waals surface area contributed by atoms with Crippen LogP contribution in [0.5, 0.6) is 0 Å². The van der Waals surface area contributed by atoms with Gasteiger partial charge in [-0.25, -0.2) is 0 Å². The van der Waals surface area contributed by atoms with E-state index in [1.165, 1.54) is 5.56 Å². The zero-order valence-electron chi connectivity index (χ0n) is 16.7. The summed E-state index contributed by atoms with van der Waals surface area (Å²) >= 11 is 1.65. The molecular formula is C24H22N4OS. The zero-order chi connectivity index (χ0) is 20.8. The minimum Gasteiger partial charge on any atom is -0.322 e. The molecule has 0 saturated heterocycles. The average Bonchev–Trinajstić information content (AvgIpc) is 3.13. The fraction of sp³-hybridized carbons (Fsp3) is 0.125. The maximum Gasteiger partial charge on any atom is 0.255 e. The molecule has 0 spiro atoms. The second-order valence-corrected chi connectivity index (χ2v) is 7.85. The van der Waals surface area contributed by atoms with Crippen molar-refractivity contribution >= 4 is 23.4 Å².